The van der Waals surface area contributed by atoms with Crippen molar-refractivity contribution in [3.63, 3.8) is 0 Å². The minimum absolute atomic E-state index is 0.00765. The molecular formula is C47H50ClN5O8Si. The number of urea groups is 1. The quantitative estimate of drug-likeness (QED) is 0.0657. The lowest BCUT2D eigenvalue weighted by molar-refractivity contribution is -0.140. The molecule has 13 nitrogen and oxygen atoms in total. The highest BCUT2D eigenvalue weighted by atomic mass is 35.5. The summed E-state index contributed by atoms with van der Waals surface area (Å²) in [4.78, 5) is 51.6. The normalized spacial score (nSPS) is 20.8. The Morgan fingerprint density at radius 3 is 2.10 bits per heavy atom. The van der Waals surface area contributed by atoms with E-state index in [0.29, 0.717) is 11.3 Å². The molecule has 5 aromatic rings. The zero-order valence-electron chi connectivity index (χ0n) is 35.7. The van der Waals surface area contributed by atoms with Crippen LogP contribution in [-0.4, -0.2) is 65.8 Å². The Labute approximate surface area is 366 Å². The molecule has 0 spiro atoms. The number of Topliss-reactive ketones (excluding diaryl/α,β-unsaturated/α-hetero) is 2. The van der Waals surface area contributed by atoms with Gasteiger partial charge in [-0.3, -0.25) is 19.8 Å². The fraction of sp³-hybridized carbons (Fsp3) is 0.340. The zero-order chi connectivity index (χ0) is 44.1. The lowest BCUT2D eigenvalue weighted by Gasteiger charge is -2.55. The number of hydrogen-bond donors (Lipinski definition) is 3. The molecular weight excluding hydrogens is 826 g/mol. The number of anilines is 2. The molecule has 2 heterocycles. The van der Waals surface area contributed by atoms with Crippen molar-refractivity contribution < 1.29 is 37.9 Å². The predicted octanol–water partition coefficient (Wildman–Crippen LogP) is 9.82. The molecule has 3 N–H and O–H groups in total. The van der Waals surface area contributed by atoms with E-state index in [9.17, 15) is 9.90 Å². The molecule has 62 heavy (non-hydrogen) atoms. The molecule has 3 aromatic carbocycles. The number of aromatic nitrogens is 2. The Hall–Kier alpha value is -5.80. The maximum atomic E-state index is 16.0. The second-order valence-electron chi connectivity index (χ2n) is 17.8. The maximum absolute atomic E-state index is 16.0. The van der Waals surface area contributed by atoms with E-state index >= 15 is 9.59 Å². The molecule has 0 bridgehead atoms. The van der Waals surface area contributed by atoms with E-state index < -0.39 is 60.2 Å². The van der Waals surface area contributed by atoms with Crippen molar-refractivity contribution in [3.05, 3.63) is 135 Å². The molecule has 0 aliphatic heterocycles. The molecule has 2 aromatic heterocycles. The van der Waals surface area contributed by atoms with Crippen molar-refractivity contribution in [2.75, 3.05) is 24.7 Å². The van der Waals surface area contributed by atoms with Gasteiger partial charge >= 0.3 is 6.03 Å². The molecule has 4 atom stereocenters. The van der Waals surface area contributed by atoms with Crippen LogP contribution in [0.3, 0.4) is 0 Å². The third kappa shape index (κ3) is 7.59. The van der Waals surface area contributed by atoms with Crippen molar-refractivity contribution >= 4 is 54.8 Å². The number of nitrogens with one attached hydrogen (secondary N) is 2. The number of ketones is 2. The van der Waals surface area contributed by atoms with Crippen LogP contribution in [0, 0.1) is 11.8 Å². The first-order valence-electron chi connectivity index (χ1n) is 20.6. The second kappa shape index (κ2) is 16.5. The fourth-order valence-electron chi connectivity index (χ4n) is 8.60. The van der Waals surface area contributed by atoms with Crippen molar-refractivity contribution in [2.45, 2.75) is 76.6 Å². The van der Waals surface area contributed by atoms with Crippen LogP contribution in [0.2, 0.25) is 23.3 Å². The number of halogens is 1. The smallest absolute Gasteiger partial charge is 0.324 e. The zero-order valence-corrected chi connectivity index (χ0v) is 37.5. The number of carbonyl (C=O) groups excluding carboxylic acids is 3. The summed E-state index contributed by atoms with van der Waals surface area (Å²) in [6, 6.07) is 26.4. The van der Waals surface area contributed by atoms with Crippen LogP contribution in [-0.2, 0) is 28.9 Å². The van der Waals surface area contributed by atoms with Gasteiger partial charge < -0.3 is 28.8 Å². The fourth-order valence-corrected chi connectivity index (χ4v) is 10.3. The van der Waals surface area contributed by atoms with Gasteiger partial charge in [0.2, 0.25) is 11.6 Å². The van der Waals surface area contributed by atoms with Gasteiger partial charge in [-0.15, -0.1) is 0 Å². The molecule has 0 saturated heterocycles. The summed E-state index contributed by atoms with van der Waals surface area (Å²) in [5.74, 6) is -2.95. The number of aliphatic hydroxyl groups excluding tert-OH is 1. The van der Waals surface area contributed by atoms with Gasteiger partial charge in [0.15, 0.2) is 31.2 Å². The largest absolute Gasteiger partial charge is 0.507 e. The van der Waals surface area contributed by atoms with Crippen LogP contribution in [0.15, 0.2) is 101 Å². The van der Waals surface area contributed by atoms with Crippen LogP contribution < -0.4 is 20.1 Å². The first kappa shape index (κ1) is 42.9. The van der Waals surface area contributed by atoms with Crippen LogP contribution in [0.5, 0.6) is 11.6 Å². The van der Waals surface area contributed by atoms with Crippen molar-refractivity contribution in [2.24, 2.45) is 11.8 Å². The topological polar surface area (TPSA) is 165 Å². The first-order valence-corrected chi connectivity index (χ1v) is 23.9. The number of ether oxygens (including phenoxy) is 2. The lowest BCUT2D eigenvalue weighted by atomic mass is 9.57. The van der Waals surface area contributed by atoms with E-state index in [0.717, 1.165) is 11.1 Å². The van der Waals surface area contributed by atoms with Gasteiger partial charge in [-0.2, -0.15) is 0 Å². The van der Waals surface area contributed by atoms with Crippen LogP contribution in [0.4, 0.5) is 16.3 Å². The van der Waals surface area contributed by atoms with Gasteiger partial charge in [0.1, 0.15) is 29.7 Å². The molecule has 3 aliphatic rings. The highest BCUT2D eigenvalue weighted by Gasteiger charge is 2.69. The Kier molecular flexibility index (Phi) is 11.4. The summed E-state index contributed by atoms with van der Waals surface area (Å²) in [6.45, 7) is 10.2. The van der Waals surface area contributed by atoms with Crippen molar-refractivity contribution in [3.8, 4) is 11.6 Å². The Morgan fingerprint density at radius 2 is 1.50 bits per heavy atom. The lowest BCUT2D eigenvalue weighted by Crippen LogP contribution is -2.68. The Balaban J connectivity index is 1.29. The summed E-state index contributed by atoms with van der Waals surface area (Å²) in [6.07, 6.45) is 0.393. The van der Waals surface area contributed by atoms with Gasteiger partial charge in [-0.05, 0) is 79.4 Å². The minimum Gasteiger partial charge on any atom is -0.507 e. The van der Waals surface area contributed by atoms with Crippen LogP contribution in [0.25, 0.3) is 5.76 Å². The van der Waals surface area contributed by atoms with Crippen LogP contribution >= 0.6 is 11.6 Å². The number of para-hydroxylation sites is 1. The van der Waals surface area contributed by atoms with Gasteiger partial charge in [-0.1, -0.05) is 111 Å². The van der Waals surface area contributed by atoms with Gasteiger partial charge in [0.05, 0.1) is 11.6 Å². The monoisotopic (exact) mass is 875 g/mol. The maximum Gasteiger partial charge on any atom is 0.324 e. The number of amides is 2. The summed E-state index contributed by atoms with van der Waals surface area (Å²) >= 11 is 6.99. The predicted molar refractivity (Wildman–Crippen MR) is 238 cm³/mol. The standard InChI is InChI=1S/C47H50ClN5O8Si/c1-46(2,3)62(6,7)61-47-32(36(53(4)5)38-35(41(47)56)44(52-60-38)59-26-28-19-13-9-14-20-28)24-29-23-31-34(37(54)33(29)40(47)55)39(58-25-27-17-11-8-12-18-27)43(50-42(31)48)51-45(57)49-30-21-15-10-16-22-30/h8-22,29,32,36,54H,23-26H2,1-7H3,(H2,49,50,51,57)/t29-,32-,36-,47-/m0/s1. The van der Waals surface area contributed by atoms with E-state index in [1.54, 1.807) is 24.3 Å². The summed E-state index contributed by atoms with van der Waals surface area (Å²) in [5.41, 5.74) is 0.635. The summed E-state index contributed by atoms with van der Waals surface area (Å²) in [7, 11) is 0.724. The number of carbonyl (C=O) groups is 3. The van der Waals surface area contributed by atoms with E-state index in [1.807, 2.05) is 120 Å². The summed E-state index contributed by atoms with van der Waals surface area (Å²) in [5, 5.41) is 22.1. The molecule has 0 radical (unpaired) electrons. The molecule has 0 unspecified atom stereocenters. The van der Waals surface area contributed by atoms with Crippen LogP contribution in [0.1, 0.15) is 71.6 Å². The Bertz CT molecular complexity index is 2560. The third-order valence-electron chi connectivity index (χ3n) is 12.6. The van der Waals surface area contributed by atoms with Gasteiger partial charge in [0.25, 0.3) is 5.88 Å². The first-order chi connectivity index (χ1) is 29.5. The number of fused-ring (bicyclic) bond motifs is 4. The number of benzene rings is 3. The average molecular weight is 876 g/mol. The molecule has 15 heteroatoms. The SMILES string of the molecule is CN(C)[C@@H]1c2onc(OCc3ccccc3)c2C(=O)[C@@]2(O[Si](C)(C)C(C)(C)C)C(=O)C3=C(O)c4c(c(Cl)nc(NC(=O)Nc5ccccc5)c4OCc4ccccc4)C[C@H]3C[C@@H]12. The number of pyridine rings is 1. The number of rotatable bonds is 11. The number of hydrogen-bond acceptors (Lipinski definition) is 11. The molecule has 1 saturated carbocycles. The van der Waals surface area contributed by atoms with Gasteiger partial charge in [0, 0.05) is 22.7 Å². The third-order valence-corrected chi connectivity index (χ3v) is 17.3. The molecule has 2 amide bonds. The molecule has 3 aliphatic carbocycles. The Morgan fingerprint density at radius 1 is 0.903 bits per heavy atom. The molecule has 322 valence electrons. The van der Waals surface area contributed by atoms with E-state index in [4.69, 9.17) is 30.0 Å². The van der Waals surface area contributed by atoms with E-state index in [2.05, 4.69) is 20.8 Å². The van der Waals surface area contributed by atoms with Gasteiger partial charge in [-0.25, -0.2) is 9.78 Å². The highest BCUT2D eigenvalue weighted by molar-refractivity contribution is 6.74. The summed E-state index contributed by atoms with van der Waals surface area (Å²) < 4.78 is 25.9. The molecule has 1 fully saturated rings. The second-order valence-corrected chi connectivity index (χ2v) is 22.9. The molecule has 8 rings (SSSR count). The number of aliphatic hydroxyl groups is 1. The minimum atomic E-state index is -2.99. The highest BCUT2D eigenvalue weighted by Crippen LogP contribution is 2.59. The van der Waals surface area contributed by atoms with Crippen molar-refractivity contribution in [1.82, 2.24) is 15.0 Å². The number of nitrogens with zero attached hydrogens (tertiary/aromatic N) is 3. The van der Waals surface area contributed by atoms with E-state index in [-0.39, 0.29) is 71.1 Å². The van der Waals surface area contributed by atoms with Crippen molar-refractivity contribution in [1.29, 1.82) is 0 Å². The average Bonchev–Trinajstić information content (AvgIpc) is 3.65. The van der Waals surface area contributed by atoms with E-state index in [1.165, 1.54) is 0 Å².